The van der Waals surface area contributed by atoms with Crippen molar-refractivity contribution in [2.45, 2.75) is 17.8 Å². The number of halogens is 1. The maximum absolute atomic E-state index is 13.8. The van der Waals surface area contributed by atoms with Crippen LogP contribution in [0.5, 0.6) is 0 Å². The summed E-state index contributed by atoms with van der Waals surface area (Å²) in [5.41, 5.74) is 2.42. The molecule has 1 N–H and O–H groups in total. The molecule has 8 heteroatoms. The van der Waals surface area contributed by atoms with Crippen LogP contribution >= 0.6 is 11.8 Å². The van der Waals surface area contributed by atoms with Crippen molar-refractivity contribution in [2.75, 3.05) is 0 Å². The van der Waals surface area contributed by atoms with Crippen LogP contribution in [0.15, 0.2) is 58.2 Å². The molecule has 4 rings (SSSR count). The highest BCUT2D eigenvalue weighted by Gasteiger charge is 2.13. The van der Waals surface area contributed by atoms with E-state index in [0.29, 0.717) is 34.0 Å². The van der Waals surface area contributed by atoms with E-state index in [1.54, 1.807) is 18.2 Å². The minimum Gasteiger partial charge on any atom is -0.338 e. The number of H-pyrrole nitrogens is 1. The lowest BCUT2D eigenvalue weighted by atomic mass is 10.1. The van der Waals surface area contributed by atoms with Gasteiger partial charge in [0, 0.05) is 5.56 Å². The van der Waals surface area contributed by atoms with E-state index in [1.807, 2.05) is 31.2 Å². The molecule has 26 heavy (non-hydrogen) atoms. The molecule has 130 valence electrons. The Bertz CT molecular complexity index is 1050. The van der Waals surface area contributed by atoms with Crippen LogP contribution in [0.25, 0.3) is 22.8 Å². The average molecular weight is 367 g/mol. The largest absolute Gasteiger partial charge is 0.338 e. The van der Waals surface area contributed by atoms with Gasteiger partial charge >= 0.3 is 0 Å². The number of nitrogens with one attached hydrogen (secondary N) is 1. The van der Waals surface area contributed by atoms with Crippen molar-refractivity contribution in [3.05, 3.63) is 65.8 Å². The van der Waals surface area contributed by atoms with Gasteiger partial charge in [-0.15, -0.1) is 5.10 Å². The third-order valence-electron chi connectivity index (χ3n) is 3.66. The van der Waals surface area contributed by atoms with Crippen molar-refractivity contribution in [1.29, 1.82) is 0 Å². The summed E-state index contributed by atoms with van der Waals surface area (Å²) in [6, 6.07) is 14.3. The molecule has 4 aromatic rings. The van der Waals surface area contributed by atoms with Gasteiger partial charge in [0.05, 0.1) is 11.3 Å². The highest BCUT2D eigenvalue weighted by atomic mass is 32.2. The molecule has 0 aliphatic rings. The van der Waals surface area contributed by atoms with E-state index in [9.17, 15) is 4.39 Å². The fourth-order valence-corrected chi connectivity index (χ4v) is 3.06. The number of aryl methyl sites for hydroxylation is 1. The molecular weight excluding hydrogens is 353 g/mol. The number of nitrogens with zero attached hydrogens (tertiary/aromatic N) is 4. The number of thioether (sulfide) groups is 1. The molecule has 0 unspecified atom stereocenters. The third kappa shape index (κ3) is 3.50. The van der Waals surface area contributed by atoms with Crippen molar-refractivity contribution in [3.63, 3.8) is 0 Å². The second kappa shape index (κ2) is 7.09. The smallest absolute Gasteiger partial charge is 0.237 e. The summed E-state index contributed by atoms with van der Waals surface area (Å²) in [4.78, 5) is 8.69. The summed E-state index contributed by atoms with van der Waals surface area (Å²) in [5.74, 6) is 1.49. The zero-order chi connectivity index (χ0) is 17.9. The fraction of sp³-hybridized carbons (Fsp3) is 0.111. The summed E-state index contributed by atoms with van der Waals surface area (Å²) in [6.45, 7) is 2.01. The number of aromatic nitrogens is 5. The van der Waals surface area contributed by atoms with Gasteiger partial charge in [-0.3, -0.25) is 5.10 Å². The van der Waals surface area contributed by atoms with Gasteiger partial charge in [-0.1, -0.05) is 52.8 Å². The Morgan fingerprint density at radius 2 is 2.00 bits per heavy atom. The van der Waals surface area contributed by atoms with E-state index in [4.69, 9.17) is 4.52 Å². The van der Waals surface area contributed by atoms with Crippen LogP contribution in [0, 0.1) is 12.7 Å². The first kappa shape index (κ1) is 16.5. The number of benzene rings is 2. The standard InChI is InChI=1S/C18H14FN5OS/c1-11-5-4-6-12(9-11)16-20-15(25-24-16)10-26-18-21-17(22-23-18)13-7-2-3-8-14(13)19/h2-9H,10H2,1H3,(H,21,22,23). The van der Waals surface area contributed by atoms with E-state index < -0.39 is 0 Å². The zero-order valence-corrected chi connectivity index (χ0v) is 14.6. The van der Waals surface area contributed by atoms with Crippen LogP contribution in [-0.4, -0.2) is 25.3 Å². The molecular formula is C18H14FN5OS. The molecule has 0 radical (unpaired) electrons. The minimum atomic E-state index is -0.347. The first-order chi connectivity index (χ1) is 12.7. The second-order valence-electron chi connectivity index (χ2n) is 5.62. The van der Waals surface area contributed by atoms with Gasteiger partial charge in [-0.2, -0.15) is 4.98 Å². The molecule has 0 bridgehead atoms. The van der Waals surface area contributed by atoms with Crippen LogP contribution in [0.3, 0.4) is 0 Å². The first-order valence-corrected chi connectivity index (χ1v) is 8.87. The first-order valence-electron chi connectivity index (χ1n) is 7.89. The maximum Gasteiger partial charge on any atom is 0.237 e. The molecule has 0 saturated heterocycles. The Kier molecular flexibility index (Phi) is 4.49. The Morgan fingerprint density at radius 3 is 2.85 bits per heavy atom. The molecule has 6 nitrogen and oxygen atoms in total. The molecule has 0 aliphatic carbocycles. The summed E-state index contributed by atoms with van der Waals surface area (Å²) < 4.78 is 19.1. The lowest BCUT2D eigenvalue weighted by molar-refractivity contribution is 0.391. The predicted octanol–water partition coefficient (Wildman–Crippen LogP) is 4.26. The number of hydrogen-bond donors (Lipinski definition) is 1. The van der Waals surface area contributed by atoms with E-state index in [1.165, 1.54) is 17.8 Å². The lowest BCUT2D eigenvalue weighted by Crippen LogP contribution is -1.86. The van der Waals surface area contributed by atoms with Crippen LogP contribution in [0.1, 0.15) is 11.5 Å². The van der Waals surface area contributed by atoms with Crippen molar-refractivity contribution < 1.29 is 8.91 Å². The Morgan fingerprint density at radius 1 is 1.12 bits per heavy atom. The Balaban J connectivity index is 1.45. The van der Waals surface area contributed by atoms with Crippen LogP contribution in [0.2, 0.25) is 0 Å². The molecule has 0 atom stereocenters. The molecule has 2 aromatic carbocycles. The monoisotopic (exact) mass is 367 g/mol. The van der Waals surface area contributed by atoms with Gasteiger partial charge in [0.1, 0.15) is 5.82 Å². The average Bonchev–Trinajstić information content (AvgIpc) is 3.30. The summed E-state index contributed by atoms with van der Waals surface area (Å²) in [6.07, 6.45) is 0. The normalized spacial score (nSPS) is 11.0. The van der Waals surface area contributed by atoms with E-state index in [0.717, 1.165) is 11.1 Å². The highest BCUT2D eigenvalue weighted by molar-refractivity contribution is 7.98. The minimum absolute atomic E-state index is 0.347. The second-order valence-corrected chi connectivity index (χ2v) is 6.56. The molecule has 2 aromatic heterocycles. The molecule has 0 fully saturated rings. The van der Waals surface area contributed by atoms with Gasteiger partial charge in [-0.05, 0) is 25.1 Å². The quantitative estimate of drug-likeness (QED) is 0.531. The summed E-state index contributed by atoms with van der Waals surface area (Å²) in [5, 5.41) is 11.3. The Labute approximate surface area is 152 Å². The number of hydrogen-bond acceptors (Lipinski definition) is 6. The number of rotatable bonds is 5. The van der Waals surface area contributed by atoms with Gasteiger partial charge < -0.3 is 4.52 Å². The zero-order valence-electron chi connectivity index (χ0n) is 13.8. The molecule has 0 spiro atoms. The summed E-state index contributed by atoms with van der Waals surface area (Å²) in [7, 11) is 0. The molecule has 0 aliphatic heterocycles. The van der Waals surface area contributed by atoms with E-state index >= 15 is 0 Å². The van der Waals surface area contributed by atoms with Crippen molar-refractivity contribution in [2.24, 2.45) is 0 Å². The van der Waals surface area contributed by atoms with Gasteiger partial charge in [-0.25, -0.2) is 9.37 Å². The number of aromatic amines is 1. The fourth-order valence-electron chi connectivity index (χ4n) is 2.43. The Hall–Kier alpha value is -3.00. The highest BCUT2D eigenvalue weighted by Crippen LogP contribution is 2.24. The van der Waals surface area contributed by atoms with Crippen LogP contribution in [0.4, 0.5) is 4.39 Å². The van der Waals surface area contributed by atoms with Gasteiger partial charge in [0.15, 0.2) is 5.82 Å². The van der Waals surface area contributed by atoms with E-state index in [-0.39, 0.29) is 5.82 Å². The lowest BCUT2D eigenvalue weighted by Gasteiger charge is -1.96. The van der Waals surface area contributed by atoms with Crippen molar-refractivity contribution in [3.8, 4) is 22.8 Å². The van der Waals surface area contributed by atoms with Crippen molar-refractivity contribution in [1.82, 2.24) is 25.3 Å². The van der Waals surface area contributed by atoms with Crippen LogP contribution in [-0.2, 0) is 5.75 Å². The molecule has 0 amide bonds. The van der Waals surface area contributed by atoms with Crippen molar-refractivity contribution >= 4 is 11.8 Å². The predicted molar refractivity (Wildman–Crippen MR) is 95.8 cm³/mol. The summed E-state index contributed by atoms with van der Waals surface area (Å²) >= 11 is 1.33. The maximum atomic E-state index is 13.8. The van der Waals surface area contributed by atoms with Gasteiger partial charge in [0.25, 0.3) is 0 Å². The third-order valence-corrected chi connectivity index (χ3v) is 4.50. The topological polar surface area (TPSA) is 80.5 Å². The van der Waals surface area contributed by atoms with Gasteiger partial charge in [0.2, 0.25) is 16.9 Å². The SMILES string of the molecule is Cc1cccc(-c2noc(CSc3n[nH]c(-c4ccccc4F)n3)n2)c1. The van der Waals surface area contributed by atoms with Crippen LogP contribution < -0.4 is 0 Å². The van der Waals surface area contributed by atoms with E-state index in [2.05, 4.69) is 25.3 Å². The molecule has 2 heterocycles. The molecule has 0 saturated carbocycles.